The molecule has 1 aliphatic heterocycles. The highest BCUT2D eigenvalue weighted by Crippen LogP contribution is 2.38. The molecule has 0 aliphatic carbocycles. The van der Waals surface area contributed by atoms with Gasteiger partial charge in [-0.2, -0.15) is 0 Å². The van der Waals surface area contributed by atoms with Crippen LogP contribution >= 0.6 is 0 Å². The molecule has 0 bridgehead atoms. The van der Waals surface area contributed by atoms with Crippen molar-refractivity contribution < 1.29 is 4.74 Å². The molecule has 0 radical (unpaired) electrons. The minimum atomic E-state index is 0.480. The quantitative estimate of drug-likeness (QED) is 0.829. The second-order valence-corrected chi connectivity index (χ2v) is 4.73. The van der Waals surface area contributed by atoms with Gasteiger partial charge in [0.05, 0.1) is 12.8 Å². The lowest BCUT2D eigenvalue weighted by Crippen LogP contribution is -2.42. The summed E-state index contributed by atoms with van der Waals surface area (Å²) < 4.78 is 5.40. The molecule has 3 heteroatoms. The van der Waals surface area contributed by atoms with Crippen molar-refractivity contribution in [3.8, 4) is 5.75 Å². The van der Waals surface area contributed by atoms with E-state index in [1.807, 2.05) is 12.1 Å². The zero-order chi connectivity index (χ0) is 11.7. The second-order valence-electron chi connectivity index (χ2n) is 4.73. The number of hydrogen-bond donors (Lipinski definition) is 1. The van der Waals surface area contributed by atoms with Gasteiger partial charge in [0.2, 0.25) is 0 Å². The normalized spacial score (nSPS) is 19.3. The molecule has 1 atom stereocenters. The van der Waals surface area contributed by atoms with E-state index in [1.54, 1.807) is 7.11 Å². The lowest BCUT2D eigenvalue weighted by atomic mass is 10.00. The van der Waals surface area contributed by atoms with Crippen molar-refractivity contribution in [2.75, 3.05) is 30.9 Å². The van der Waals surface area contributed by atoms with Crippen LogP contribution in [-0.4, -0.2) is 26.7 Å². The first-order chi connectivity index (χ1) is 7.63. The van der Waals surface area contributed by atoms with E-state index in [9.17, 15) is 0 Å². The van der Waals surface area contributed by atoms with Gasteiger partial charge < -0.3 is 15.0 Å². The van der Waals surface area contributed by atoms with Gasteiger partial charge in [-0.25, -0.2) is 0 Å². The molecule has 1 aromatic rings. The molecule has 1 heterocycles. The highest BCUT2D eigenvalue weighted by molar-refractivity contribution is 5.78. The molecule has 1 aliphatic rings. The zero-order valence-corrected chi connectivity index (χ0v) is 10.4. The van der Waals surface area contributed by atoms with Gasteiger partial charge in [0.25, 0.3) is 0 Å². The smallest absolute Gasteiger partial charge is 0.144 e. The van der Waals surface area contributed by atoms with Gasteiger partial charge in [-0.05, 0) is 18.1 Å². The van der Waals surface area contributed by atoms with E-state index in [1.165, 1.54) is 5.69 Å². The number of ether oxygens (including phenoxy) is 1. The van der Waals surface area contributed by atoms with Crippen molar-refractivity contribution in [2.45, 2.75) is 19.9 Å². The third kappa shape index (κ3) is 1.82. The first-order valence-corrected chi connectivity index (χ1v) is 5.78. The van der Waals surface area contributed by atoms with E-state index in [4.69, 9.17) is 4.74 Å². The first kappa shape index (κ1) is 11.1. The van der Waals surface area contributed by atoms with Crippen LogP contribution < -0.4 is 15.0 Å². The maximum absolute atomic E-state index is 5.40. The molecular formula is C13H20N2O. The maximum Gasteiger partial charge on any atom is 0.144 e. The summed E-state index contributed by atoms with van der Waals surface area (Å²) >= 11 is 0. The van der Waals surface area contributed by atoms with E-state index in [0.29, 0.717) is 12.0 Å². The summed E-state index contributed by atoms with van der Waals surface area (Å²) in [5.41, 5.74) is 2.34. The van der Waals surface area contributed by atoms with Crippen molar-refractivity contribution in [3.05, 3.63) is 18.2 Å². The lowest BCUT2D eigenvalue weighted by Gasteiger charge is -2.37. The first-order valence-electron chi connectivity index (χ1n) is 5.78. The van der Waals surface area contributed by atoms with Crippen LogP contribution in [0.3, 0.4) is 0 Å². The van der Waals surface area contributed by atoms with E-state index in [0.717, 1.165) is 18.0 Å². The monoisotopic (exact) mass is 220 g/mol. The van der Waals surface area contributed by atoms with Gasteiger partial charge in [-0.15, -0.1) is 0 Å². The van der Waals surface area contributed by atoms with Gasteiger partial charge in [0.15, 0.2) is 0 Å². The maximum atomic E-state index is 5.40. The fourth-order valence-corrected chi connectivity index (χ4v) is 2.15. The van der Waals surface area contributed by atoms with Gasteiger partial charge >= 0.3 is 0 Å². The lowest BCUT2D eigenvalue weighted by molar-refractivity contribution is 0.413. The number of methoxy groups -OCH3 is 1. The predicted octanol–water partition coefficient (Wildman–Crippen LogP) is 2.58. The summed E-state index contributed by atoms with van der Waals surface area (Å²) in [4.78, 5) is 2.29. The predicted molar refractivity (Wildman–Crippen MR) is 68.5 cm³/mol. The van der Waals surface area contributed by atoms with Crippen molar-refractivity contribution in [1.82, 2.24) is 0 Å². The molecule has 0 amide bonds. The van der Waals surface area contributed by atoms with Crippen LogP contribution in [0.4, 0.5) is 11.4 Å². The third-order valence-corrected chi connectivity index (χ3v) is 3.24. The highest BCUT2D eigenvalue weighted by Gasteiger charge is 2.25. The van der Waals surface area contributed by atoms with Crippen molar-refractivity contribution in [2.24, 2.45) is 5.92 Å². The van der Waals surface area contributed by atoms with Crippen molar-refractivity contribution >= 4 is 11.4 Å². The Hall–Kier alpha value is -1.38. The summed E-state index contributed by atoms with van der Waals surface area (Å²) in [7, 11) is 3.85. The number of rotatable bonds is 2. The molecule has 0 fully saturated rings. The number of para-hydroxylation sites is 1. The number of hydrogen-bond acceptors (Lipinski definition) is 3. The van der Waals surface area contributed by atoms with Crippen LogP contribution in [0.2, 0.25) is 0 Å². The number of benzene rings is 1. The molecule has 2 rings (SSSR count). The van der Waals surface area contributed by atoms with Crippen LogP contribution in [-0.2, 0) is 0 Å². The average molecular weight is 220 g/mol. The van der Waals surface area contributed by atoms with Crippen molar-refractivity contribution in [1.29, 1.82) is 0 Å². The Balaban J connectivity index is 2.39. The Morgan fingerprint density at radius 3 is 2.81 bits per heavy atom. The van der Waals surface area contributed by atoms with Crippen LogP contribution in [0.1, 0.15) is 13.8 Å². The van der Waals surface area contributed by atoms with E-state index >= 15 is 0 Å². The fourth-order valence-electron chi connectivity index (χ4n) is 2.15. The minimum absolute atomic E-state index is 0.480. The Bertz CT molecular complexity index is 376. The van der Waals surface area contributed by atoms with Crippen LogP contribution in [0.15, 0.2) is 18.2 Å². The summed E-state index contributed by atoms with van der Waals surface area (Å²) in [6, 6.07) is 6.64. The van der Waals surface area contributed by atoms with Gasteiger partial charge in [-0.1, -0.05) is 19.9 Å². The Labute approximate surface area is 97.4 Å². The molecule has 1 unspecified atom stereocenters. The highest BCUT2D eigenvalue weighted by atomic mass is 16.5. The molecule has 0 aromatic heterocycles. The molecule has 1 N–H and O–H groups in total. The molecule has 0 spiro atoms. The number of fused-ring (bicyclic) bond motifs is 1. The number of nitrogens with one attached hydrogen (secondary N) is 1. The van der Waals surface area contributed by atoms with Gasteiger partial charge in [0, 0.05) is 19.6 Å². The van der Waals surface area contributed by atoms with Gasteiger partial charge in [0.1, 0.15) is 11.4 Å². The van der Waals surface area contributed by atoms with E-state index < -0.39 is 0 Å². The van der Waals surface area contributed by atoms with Crippen LogP contribution in [0.5, 0.6) is 5.75 Å². The summed E-state index contributed by atoms with van der Waals surface area (Å²) in [6.45, 7) is 5.52. The third-order valence-electron chi connectivity index (χ3n) is 3.24. The summed E-state index contributed by atoms with van der Waals surface area (Å²) in [5.74, 6) is 1.54. The molecule has 0 saturated heterocycles. The van der Waals surface area contributed by atoms with E-state index in [-0.39, 0.29) is 0 Å². The molecule has 88 valence electrons. The average Bonchev–Trinajstić information content (AvgIpc) is 2.28. The largest absolute Gasteiger partial charge is 0.495 e. The number of likely N-dealkylation sites (N-methyl/N-ethyl adjacent to an activating group) is 1. The molecule has 1 aromatic carbocycles. The molecule has 16 heavy (non-hydrogen) atoms. The topological polar surface area (TPSA) is 24.5 Å². The molecular weight excluding hydrogens is 200 g/mol. The van der Waals surface area contributed by atoms with Gasteiger partial charge in [-0.3, -0.25) is 0 Å². The Morgan fingerprint density at radius 1 is 1.44 bits per heavy atom. The summed E-state index contributed by atoms with van der Waals surface area (Å²) in [5, 5.41) is 3.58. The fraction of sp³-hybridized carbons (Fsp3) is 0.538. The van der Waals surface area contributed by atoms with Crippen LogP contribution in [0, 0.1) is 5.92 Å². The van der Waals surface area contributed by atoms with Crippen LogP contribution in [0.25, 0.3) is 0 Å². The zero-order valence-electron chi connectivity index (χ0n) is 10.4. The number of anilines is 2. The standard InChI is InChI=1S/C13H20N2O/c1-9(2)10-8-15(3)11-6-5-7-12(16-4)13(11)14-10/h5-7,9-10,14H,8H2,1-4H3. The Kier molecular flexibility index (Phi) is 2.95. The minimum Gasteiger partial charge on any atom is -0.495 e. The summed E-state index contributed by atoms with van der Waals surface area (Å²) in [6.07, 6.45) is 0. The number of nitrogens with zero attached hydrogens (tertiary/aromatic N) is 1. The molecule has 0 saturated carbocycles. The second kappa shape index (κ2) is 4.24. The Morgan fingerprint density at radius 2 is 2.19 bits per heavy atom. The SMILES string of the molecule is COc1cccc2c1NC(C(C)C)CN2C. The van der Waals surface area contributed by atoms with E-state index in [2.05, 4.69) is 37.2 Å². The van der Waals surface area contributed by atoms with Crippen molar-refractivity contribution in [3.63, 3.8) is 0 Å². The molecule has 3 nitrogen and oxygen atoms in total.